The molecule has 6 aromatic carbocycles. The van der Waals surface area contributed by atoms with Gasteiger partial charge in [-0.15, -0.1) is 0 Å². The van der Waals surface area contributed by atoms with Gasteiger partial charge in [0.1, 0.15) is 11.5 Å². The molecular formula is C36H30O4. The van der Waals surface area contributed by atoms with Crippen LogP contribution in [0.3, 0.4) is 0 Å². The summed E-state index contributed by atoms with van der Waals surface area (Å²) in [4.78, 5) is 25.2. The Morgan fingerprint density at radius 2 is 0.850 bits per heavy atom. The van der Waals surface area contributed by atoms with E-state index in [2.05, 4.69) is 38.1 Å². The van der Waals surface area contributed by atoms with Crippen LogP contribution in [0.4, 0.5) is 0 Å². The first-order valence-electron chi connectivity index (χ1n) is 13.7. The van der Waals surface area contributed by atoms with Crippen molar-refractivity contribution in [2.24, 2.45) is 0 Å². The van der Waals surface area contributed by atoms with Gasteiger partial charge in [-0.05, 0) is 57.6 Å². The molecule has 0 fully saturated rings. The third-order valence-electron chi connectivity index (χ3n) is 7.68. The summed E-state index contributed by atoms with van der Waals surface area (Å²) in [5.74, 6) is 0.636. The molecule has 0 aliphatic carbocycles. The fraction of sp³-hybridized carbons (Fsp3) is 0.167. The zero-order chi connectivity index (χ0) is 28.0. The first-order valence-corrected chi connectivity index (χ1v) is 13.7. The van der Waals surface area contributed by atoms with Crippen molar-refractivity contribution < 1.29 is 19.1 Å². The largest absolute Gasteiger partial charge is 0.425 e. The molecule has 0 unspecified atom stereocenters. The highest BCUT2D eigenvalue weighted by Crippen LogP contribution is 2.51. The van der Waals surface area contributed by atoms with Gasteiger partial charge in [-0.2, -0.15) is 0 Å². The summed E-state index contributed by atoms with van der Waals surface area (Å²) < 4.78 is 12.0. The van der Waals surface area contributed by atoms with Gasteiger partial charge < -0.3 is 9.47 Å². The Morgan fingerprint density at radius 3 is 1.23 bits per heavy atom. The molecule has 0 saturated heterocycles. The van der Waals surface area contributed by atoms with Crippen LogP contribution in [0, 0.1) is 13.8 Å². The monoisotopic (exact) mass is 526 g/mol. The van der Waals surface area contributed by atoms with Crippen LogP contribution in [-0.4, -0.2) is 11.9 Å². The van der Waals surface area contributed by atoms with E-state index in [0.29, 0.717) is 11.5 Å². The van der Waals surface area contributed by atoms with Crippen LogP contribution in [0.15, 0.2) is 84.9 Å². The Bertz CT molecular complexity index is 1840. The lowest BCUT2D eigenvalue weighted by Gasteiger charge is -2.23. The number of carbonyl (C=O) groups excluding carboxylic acids is 2. The van der Waals surface area contributed by atoms with Crippen LogP contribution >= 0.6 is 0 Å². The first-order chi connectivity index (χ1) is 19.4. The predicted molar refractivity (Wildman–Crippen MR) is 163 cm³/mol. The maximum Gasteiger partial charge on any atom is 0.310 e. The van der Waals surface area contributed by atoms with Crippen LogP contribution in [0.25, 0.3) is 54.2 Å². The maximum atomic E-state index is 12.6. The average molecular weight is 527 g/mol. The maximum absolute atomic E-state index is 12.6. The first kappa shape index (κ1) is 25.6. The van der Waals surface area contributed by atoms with Crippen molar-refractivity contribution in [1.82, 2.24) is 0 Å². The van der Waals surface area contributed by atoms with Crippen molar-refractivity contribution in [1.29, 1.82) is 0 Å². The molecule has 6 aromatic rings. The summed E-state index contributed by atoms with van der Waals surface area (Å²) in [6.07, 6.45) is 0.575. The second kappa shape index (κ2) is 10.1. The van der Waals surface area contributed by atoms with E-state index in [-0.39, 0.29) is 24.8 Å². The normalized spacial score (nSPS) is 11.4. The van der Waals surface area contributed by atoms with Gasteiger partial charge in [-0.1, -0.05) is 98.8 Å². The Kier molecular flexibility index (Phi) is 6.47. The summed E-state index contributed by atoms with van der Waals surface area (Å²) >= 11 is 0. The molecule has 198 valence electrons. The van der Waals surface area contributed by atoms with Crippen molar-refractivity contribution >= 4 is 55.0 Å². The average Bonchev–Trinajstić information content (AvgIpc) is 2.98. The standard InChI is InChI=1S/C36H30O4/c1-5-29(37)39-35-25-17-9-7-15-23(25)33(31-21(3)13-11-19-27(31)35)34-24-16-8-10-18-26(24)36(40-30(38)6-2)28-20-12-14-22(4)32(28)34/h7-20H,5-6H2,1-4H3. The van der Waals surface area contributed by atoms with Crippen LogP contribution in [0.2, 0.25) is 0 Å². The Balaban J connectivity index is 1.89. The fourth-order valence-electron chi connectivity index (χ4n) is 5.85. The highest BCUT2D eigenvalue weighted by atomic mass is 16.5. The summed E-state index contributed by atoms with van der Waals surface area (Å²) in [7, 11) is 0. The second-order valence-electron chi connectivity index (χ2n) is 10.1. The predicted octanol–water partition coefficient (Wildman–Crippen LogP) is 9.21. The summed E-state index contributed by atoms with van der Waals surface area (Å²) in [5.41, 5.74) is 4.31. The van der Waals surface area contributed by atoms with Gasteiger partial charge in [0.25, 0.3) is 0 Å². The van der Waals surface area contributed by atoms with E-state index < -0.39 is 0 Å². The molecule has 0 atom stereocenters. The zero-order valence-corrected chi connectivity index (χ0v) is 23.1. The Hall–Kier alpha value is -4.70. The molecule has 0 bridgehead atoms. The molecule has 40 heavy (non-hydrogen) atoms. The third kappa shape index (κ3) is 3.99. The topological polar surface area (TPSA) is 52.6 Å². The minimum Gasteiger partial charge on any atom is -0.425 e. The summed E-state index contributed by atoms with van der Waals surface area (Å²) in [6, 6.07) is 28.5. The number of hydrogen-bond acceptors (Lipinski definition) is 4. The van der Waals surface area contributed by atoms with E-state index in [1.54, 1.807) is 13.8 Å². The van der Waals surface area contributed by atoms with Gasteiger partial charge in [-0.25, -0.2) is 0 Å². The van der Waals surface area contributed by atoms with E-state index in [1.807, 2.05) is 60.7 Å². The molecule has 0 spiro atoms. The van der Waals surface area contributed by atoms with E-state index in [0.717, 1.165) is 65.3 Å². The number of esters is 2. The van der Waals surface area contributed by atoms with E-state index in [1.165, 1.54) is 0 Å². The lowest BCUT2D eigenvalue weighted by Crippen LogP contribution is -2.08. The van der Waals surface area contributed by atoms with Gasteiger partial charge in [0.2, 0.25) is 0 Å². The fourth-order valence-corrected chi connectivity index (χ4v) is 5.85. The molecule has 0 amide bonds. The number of ether oxygens (including phenoxy) is 2. The summed E-state index contributed by atoms with van der Waals surface area (Å²) in [5, 5.41) is 7.61. The molecule has 0 radical (unpaired) electrons. The highest BCUT2D eigenvalue weighted by molar-refractivity contribution is 6.28. The SMILES string of the molecule is CCC(=O)Oc1c2ccccc2c(-c2c3ccccc3c(OC(=O)CC)c3cccc(C)c23)c2c(C)cccc12. The van der Waals surface area contributed by atoms with E-state index >= 15 is 0 Å². The number of rotatable bonds is 5. The molecule has 0 aliphatic rings. The lowest BCUT2D eigenvalue weighted by atomic mass is 9.83. The zero-order valence-electron chi connectivity index (χ0n) is 23.1. The number of fused-ring (bicyclic) bond motifs is 4. The quantitative estimate of drug-likeness (QED) is 0.128. The molecule has 0 saturated carbocycles. The van der Waals surface area contributed by atoms with E-state index in [4.69, 9.17) is 9.47 Å². The third-order valence-corrected chi connectivity index (χ3v) is 7.68. The van der Waals surface area contributed by atoms with Crippen LogP contribution in [0.1, 0.15) is 37.8 Å². The van der Waals surface area contributed by atoms with Gasteiger partial charge in [0, 0.05) is 34.4 Å². The summed E-state index contributed by atoms with van der Waals surface area (Å²) in [6.45, 7) is 7.81. The van der Waals surface area contributed by atoms with Crippen molar-refractivity contribution in [3.8, 4) is 22.6 Å². The Labute approximate surface area is 233 Å². The van der Waals surface area contributed by atoms with Gasteiger partial charge in [0.05, 0.1) is 0 Å². The van der Waals surface area contributed by atoms with Gasteiger partial charge in [0.15, 0.2) is 0 Å². The Morgan fingerprint density at radius 1 is 0.500 bits per heavy atom. The molecule has 4 nitrogen and oxygen atoms in total. The van der Waals surface area contributed by atoms with Crippen LogP contribution in [-0.2, 0) is 9.59 Å². The lowest BCUT2D eigenvalue weighted by molar-refractivity contribution is -0.134. The van der Waals surface area contributed by atoms with Crippen molar-refractivity contribution in [2.75, 3.05) is 0 Å². The molecule has 4 heteroatoms. The van der Waals surface area contributed by atoms with Crippen molar-refractivity contribution in [3.05, 3.63) is 96.1 Å². The molecule has 0 aliphatic heterocycles. The minimum absolute atomic E-state index is 0.269. The molecule has 0 aromatic heterocycles. The number of hydrogen-bond donors (Lipinski definition) is 0. The number of carbonyl (C=O) groups is 2. The van der Waals surface area contributed by atoms with Gasteiger partial charge in [-0.3, -0.25) is 9.59 Å². The van der Waals surface area contributed by atoms with Gasteiger partial charge >= 0.3 is 11.9 Å². The smallest absolute Gasteiger partial charge is 0.310 e. The van der Waals surface area contributed by atoms with Crippen LogP contribution < -0.4 is 9.47 Å². The molecule has 0 heterocycles. The molecule has 0 N–H and O–H groups in total. The second-order valence-corrected chi connectivity index (χ2v) is 10.1. The number of aryl methyl sites for hydroxylation is 2. The van der Waals surface area contributed by atoms with Crippen molar-refractivity contribution in [3.63, 3.8) is 0 Å². The number of benzene rings is 6. The minimum atomic E-state index is -0.269. The van der Waals surface area contributed by atoms with E-state index in [9.17, 15) is 9.59 Å². The highest BCUT2D eigenvalue weighted by Gasteiger charge is 2.25. The van der Waals surface area contributed by atoms with Crippen LogP contribution in [0.5, 0.6) is 11.5 Å². The van der Waals surface area contributed by atoms with Crippen molar-refractivity contribution in [2.45, 2.75) is 40.5 Å². The molecule has 6 rings (SSSR count). The molecular weight excluding hydrogens is 496 g/mol.